The van der Waals surface area contributed by atoms with E-state index in [-0.39, 0.29) is 9.90 Å². The molecule has 168 valence electrons. The zero-order valence-corrected chi connectivity index (χ0v) is 19.7. The topological polar surface area (TPSA) is 93.7 Å². The number of nitrogens with one attached hydrogen (secondary N) is 2. The molecule has 3 rings (SSSR count). The Kier molecular flexibility index (Phi) is 7.79. The van der Waals surface area contributed by atoms with E-state index in [1.54, 1.807) is 53.9 Å². The minimum absolute atomic E-state index is 0.181. The Hall–Kier alpha value is -3.01. The van der Waals surface area contributed by atoms with Gasteiger partial charge in [0.25, 0.3) is 10.0 Å². The van der Waals surface area contributed by atoms with Gasteiger partial charge in [-0.2, -0.15) is 0 Å². The van der Waals surface area contributed by atoms with Crippen molar-refractivity contribution in [2.75, 3.05) is 23.8 Å². The molecule has 0 unspecified atom stereocenters. The molecule has 0 aliphatic carbocycles. The van der Waals surface area contributed by atoms with Crippen molar-refractivity contribution in [2.45, 2.75) is 11.1 Å². The van der Waals surface area contributed by atoms with Crippen LogP contribution in [0.1, 0.15) is 12.5 Å². The SMILES string of the molecule is CCOc1cc(/C=C/C(=O)Nc2ccccc2NS(=O)(=O)c2cccs2)cc(Cl)c1OC. The van der Waals surface area contributed by atoms with E-state index in [0.29, 0.717) is 34.4 Å². The summed E-state index contributed by atoms with van der Waals surface area (Å²) in [6, 6.07) is 13.1. The lowest BCUT2D eigenvalue weighted by atomic mass is 10.2. The summed E-state index contributed by atoms with van der Waals surface area (Å²) in [7, 11) is -2.25. The molecular formula is C22H21ClN2O5S2. The molecule has 0 spiro atoms. The van der Waals surface area contributed by atoms with Crippen LogP contribution in [0.4, 0.5) is 11.4 Å². The molecule has 0 aliphatic heterocycles. The van der Waals surface area contributed by atoms with E-state index in [2.05, 4.69) is 10.0 Å². The predicted octanol–water partition coefficient (Wildman–Crippen LogP) is 5.26. The number of amides is 1. The van der Waals surface area contributed by atoms with Gasteiger partial charge in [-0.15, -0.1) is 11.3 Å². The maximum atomic E-state index is 12.5. The third-order valence-electron chi connectivity index (χ3n) is 4.15. The zero-order chi connectivity index (χ0) is 23.1. The first-order valence-corrected chi connectivity index (χ1v) is 12.2. The number of methoxy groups -OCH3 is 1. The van der Waals surface area contributed by atoms with Gasteiger partial charge in [-0.05, 0) is 54.3 Å². The van der Waals surface area contributed by atoms with E-state index in [1.165, 1.54) is 19.3 Å². The number of ether oxygens (including phenoxy) is 2. The number of rotatable bonds is 9. The Morgan fingerprint density at radius 3 is 2.56 bits per heavy atom. The standard InChI is InChI=1S/C22H21ClN2O5S2/c1-3-30-19-14-15(13-16(23)22(19)29-2)10-11-20(26)24-17-7-4-5-8-18(17)25-32(27,28)21-9-6-12-31-21/h4-14,25H,3H2,1-2H3,(H,24,26)/b11-10+. The second-order valence-electron chi connectivity index (χ2n) is 6.37. The lowest BCUT2D eigenvalue weighted by Gasteiger charge is -2.12. The van der Waals surface area contributed by atoms with E-state index in [4.69, 9.17) is 21.1 Å². The fraction of sp³-hybridized carbons (Fsp3) is 0.136. The Bertz CT molecular complexity index is 1230. The molecule has 10 heteroatoms. The third kappa shape index (κ3) is 5.82. The van der Waals surface area contributed by atoms with Crippen LogP contribution in [0.15, 0.2) is 64.2 Å². The minimum atomic E-state index is -3.75. The highest BCUT2D eigenvalue weighted by atomic mass is 35.5. The number of hydrogen-bond acceptors (Lipinski definition) is 6. The molecule has 7 nitrogen and oxygen atoms in total. The maximum absolute atomic E-state index is 12.5. The summed E-state index contributed by atoms with van der Waals surface area (Å²) >= 11 is 7.34. The molecular weight excluding hydrogens is 472 g/mol. The molecule has 0 atom stereocenters. The van der Waals surface area contributed by atoms with Gasteiger partial charge >= 0.3 is 0 Å². The molecule has 1 heterocycles. The van der Waals surface area contributed by atoms with Crippen molar-refractivity contribution in [3.05, 3.63) is 70.6 Å². The lowest BCUT2D eigenvalue weighted by molar-refractivity contribution is -0.111. The molecule has 0 aliphatic rings. The van der Waals surface area contributed by atoms with Gasteiger partial charge in [-0.3, -0.25) is 9.52 Å². The van der Waals surface area contributed by atoms with Gasteiger partial charge < -0.3 is 14.8 Å². The number of thiophene rings is 1. The van der Waals surface area contributed by atoms with Crippen molar-refractivity contribution < 1.29 is 22.7 Å². The number of carbonyl (C=O) groups excluding carboxylic acids is 1. The molecule has 0 saturated heterocycles. The van der Waals surface area contributed by atoms with Crippen LogP contribution in [0, 0.1) is 0 Å². The summed E-state index contributed by atoms with van der Waals surface area (Å²) in [6.07, 6.45) is 2.89. The van der Waals surface area contributed by atoms with Crippen LogP contribution in [-0.2, 0) is 14.8 Å². The van der Waals surface area contributed by atoms with E-state index in [9.17, 15) is 13.2 Å². The number of carbonyl (C=O) groups is 1. The molecule has 2 aromatic carbocycles. The number of halogens is 1. The van der Waals surface area contributed by atoms with Crippen molar-refractivity contribution in [3.63, 3.8) is 0 Å². The summed E-state index contributed by atoms with van der Waals surface area (Å²) in [6.45, 7) is 2.27. The summed E-state index contributed by atoms with van der Waals surface area (Å²) in [4.78, 5) is 12.5. The lowest BCUT2D eigenvalue weighted by Crippen LogP contribution is -2.15. The smallest absolute Gasteiger partial charge is 0.271 e. The van der Waals surface area contributed by atoms with Crippen molar-refractivity contribution in [1.29, 1.82) is 0 Å². The maximum Gasteiger partial charge on any atom is 0.271 e. The van der Waals surface area contributed by atoms with Crippen molar-refractivity contribution in [3.8, 4) is 11.5 Å². The summed E-state index contributed by atoms with van der Waals surface area (Å²) < 4.78 is 38.5. The highest BCUT2D eigenvalue weighted by molar-refractivity contribution is 7.94. The van der Waals surface area contributed by atoms with Crippen LogP contribution in [0.3, 0.4) is 0 Å². The van der Waals surface area contributed by atoms with Crippen molar-refractivity contribution in [2.24, 2.45) is 0 Å². The van der Waals surface area contributed by atoms with E-state index in [0.717, 1.165) is 11.3 Å². The number of para-hydroxylation sites is 2. The van der Waals surface area contributed by atoms with E-state index >= 15 is 0 Å². The summed E-state index contributed by atoms with van der Waals surface area (Å²) in [5, 5.41) is 4.72. The van der Waals surface area contributed by atoms with Gasteiger partial charge in [-0.25, -0.2) is 8.42 Å². The quantitative estimate of drug-likeness (QED) is 0.397. The van der Waals surface area contributed by atoms with Crippen LogP contribution in [0.2, 0.25) is 5.02 Å². The van der Waals surface area contributed by atoms with Crippen LogP contribution >= 0.6 is 22.9 Å². The Balaban J connectivity index is 1.77. The molecule has 32 heavy (non-hydrogen) atoms. The van der Waals surface area contributed by atoms with E-state index in [1.807, 2.05) is 6.92 Å². The van der Waals surface area contributed by atoms with Crippen LogP contribution < -0.4 is 19.5 Å². The van der Waals surface area contributed by atoms with Gasteiger partial charge in [-0.1, -0.05) is 29.8 Å². The molecule has 2 N–H and O–H groups in total. The van der Waals surface area contributed by atoms with Gasteiger partial charge in [0.1, 0.15) is 4.21 Å². The Morgan fingerprint density at radius 2 is 1.91 bits per heavy atom. The zero-order valence-electron chi connectivity index (χ0n) is 17.3. The molecule has 0 saturated carbocycles. The van der Waals surface area contributed by atoms with E-state index < -0.39 is 15.9 Å². The average molecular weight is 493 g/mol. The average Bonchev–Trinajstić information content (AvgIpc) is 3.30. The Morgan fingerprint density at radius 1 is 1.16 bits per heavy atom. The summed E-state index contributed by atoms with van der Waals surface area (Å²) in [5.41, 5.74) is 1.22. The number of benzene rings is 2. The normalized spacial score (nSPS) is 11.3. The van der Waals surface area contributed by atoms with Crippen LogP contribution in [0.5, 0.6) is 11.5 Å². The first kappa shape index (κ1) is 23.6. The van der Waals surface area contributed by atoms with Gasteiger partial charge in [0.2, 0.25) is 5.91 Å². The first-order chi connectivity index (χ1) is 15.3. The number of hydrogen-bond donors (Lipinski definition) is 2. The number of sulfonamides is 1. The van der Waals surface area contributed by atoms with Crippen LogP contribution in [0.25, 0.3) is 6.08 Å². The van der Waals surface area contributed by atoms with Gasteiger partial charge in [0.05, 0.1) is 30.1 Å². The fourth-order valence-electron chi connectivity index (χ4n) is 2.78. The number of anilines is 2. The van der Waals surface area contributed by atoms with Crippen LogP contribution in [-0.4, -0.2) is 28.0 Å². The third-order valence-corrected chi connectivity index (χ3v) is 7.20. The molecule has 0 radical (unpaired) electrons. The Labute approximate surface area is 195 Å². The summed E-state index contributed by atoms with van der Waals surface area (Å²) in [5.74, 6) is 0.440. The monoisotopic (exact) mass is 492 g/mol. The van der Waals surface area contributed by atoms with Gasteiger partial charge in [0, 0.05) is 6.08 Å². The predicted molar refractivity (Wildman–Crippen MR) is 128 cm³/mol. The fourth-order valence-corrected chi connectivity index (χ4v) is 5.15. The second-order valence-corrected chi connectivity index (χ2v) is 9.64. The molecule has 3 aromatic rings. The molecule has 1 amide bonds. The molecule has 0 fully saturated rings. The second kappa shape index (κ2) is 10.5. The highest BCUT2D eigenvalue weighted by Gasteiger charge is 2.17. The van der Waals surface area contributed by atoms with Gasteiger partial charge in [0.15, 0.2) is 11.5 Å². The molecule has 1 aromatic heterocycles. The largest absolute Gasteiger partial charge is 0.491 e. The van der Waals surface area contributed by atoms with Crippen molar-refractivity contribution in [1.82, 2.24) is 0 Å². The van der Waals surface area contributed by atoms with Crippen molar-refractivity contribution >= 4 is 56.3 Å². The first-order valence-electron chi connectivity index (χ1n) is 9.48. The highest BCUT2D eigenvalue weighted by Crippen LogP contribution is 2.36. The molecule has 0 bridgehead atoms. The minimum Gasteiger partial charge on any atom is -0.491 e.